The van der Waals surface area contributed by atoms with E-state index >= 15 is 0 Å². The summed E-state index contributed by atoms with van der Waals surface area (Å²) in [5.41, 5.74) is 4.90. The van der Waals surface area contributed by atoms with E-state index in [0.29, 0.717) is 13.1 Å². The number of fused-ring (bicyclic) bond motifs is 1. The van der Waals surface area contributed by atoms with Gasteiger partial charge in [0.15, 0.2) is 10.8 Å². The van der Waals surface area contributed by atoms with Crippen LogP contribution in [0.25, 0.3) is 16.0 Å². The topological polar surface area (TPSA) is 63.1 Å². The molecule has 1 N–H and O–H groups in total. The zero-order valence-electron chi connectivity index (χ0n) is 18.7. The summed E-state index contributed by atoms with van der Waals surface area (Å²) in [4.78, 5) is 20.0. The van der Waals surface area contributed by atoms with Gasteiger partial charge in [-0.1, -0.05) is 41.2 Å². The predicted molar refractivity (Wildman–Crippen MR) is 129 cm³/mol. The van der Waals surface area contributed by atoms with E-state index in [1.807, 2.05) is 11.6 Å². The minimum absolute atomic E-state index is 0.0344. The van der Waals surface area contributed by atoms with Crippen LogP contribution in [-0.4, -0.2) is 33.8 Å². The molecule has 33 heavy (non-hydrogen) atoms. The van der Waals surface area contributed by atoms with E-state index in [-0.39, 0.29) is 17.6 Å². The van der Waals surface area contributed by atoms with Gasteiger partial charge in [0.25, 0.3) is 0 Å². The lowest BCUT2D eigenvalue weighted by Crippen LogP contribution is -2.43. The van der Waals surface area contributed by atoms with Crippen LogP contribution in [0, 0.1) is 25.6 Å². The summed E-state index contributed by atoms with van der Waals surface area (Å²) in [7, 11) is 0. The number of aromatic nitrogens is 3. The van der Waals surface area contributed by atoms with Crippen molar-refractivity contribution < 1.29 is 9.18 Å². The SMILES string of the molecule is Cc1ccc(-n2nc(C)c3sc(N4CCC[C@H](C(=O)NCc5ccc(F)cc5)C4)nc32)cc1. The predicted octanol–water partition coefficient (Wildman–Crippen LogP) is 4.77. The molecule has 5 rings (SSSR count). The van der Waals surface area contributed by atoms with E-state index in [9.17, 15) is 9.18 Å². The zero-order valence-corrected chi connectivity index (χ0v) is 19.5. The largest absolute Gasteiger partial charge is 0.352 e. The molecule has 4 aromatic rings. The van der Waals surface area contributed by atoms with Gasteiger partial charge in [0, 0.05) is 19.6 Å². The summed E-state index contributed by atoms with van der Waals surface area (Å²) < 4.78 is 16.1. The van der Waals surface area contributed by atoms with Crippen molar-refractivity contribution in [1.29, 1.82) is 0 Å². The number of nitrogens with one attached hydrogen (secondary N) is 1. The summed E-state index contributed by atoms with van der Waals surface area (Å²) in [5, 5.41) is 8.64. The first-order valence-electron chi connectivity index (χ1n) is 11.2. The van der Waals surface area contributed by atoms with E-state index in [2.05, 4.69) is 41.4 Å². The first-order chi connectivity index (χ1) is 16.0. The number of hydrogen-bond acceptors (Lipinski definition) is 5. The number of halogens is 1. The standard InChI is InChI=1S/C25H26FN5OS/c1-16-5-11-21(12-6-16)31-23-22(17(2)29-31)33-25(28-23)30-13-3-4-19(15-30)24(32)27-14-18-7-9-20(26)10-8-18/h5-12,19H,3-4,13-15H2,1-2H3,(H,27,32)/t19-/m0/s1. The Hall–Kier alpha value is -3.26. The fourth-order valence-corrected chi connectivity index (χ4v) is 5.25. The van der Waals surface area contributed by atoms with E-state index in [0.717, 1.165) is 51.8 Å². The Kier molecular flexibility index (Phi) is 5.85. The Bertz CT molecular complexity index is 1280. The lowest BCUT2D eigenvalue weighted by molar-refractivity contribution is -0.125. The van der Waals surface area contributed by atoms with Gasteiger partial charge in [0.05, 0.1) is 22.0 Å². The Morgan fingerprint density at radius 2 is 1.91 bits per heavy atom. The summed E-state index contributed by atoms with van der Waals surface area (Å²) >= 11 is 1.64. The number of piperidine rings is 1. The number of carbonyl (C=O) groups excluding carboxylic acids is 1. The number of thiazole rings is 1. The lowest BCUT2D eigenvalue weighted by atomic mass is 9.97. The second-order valence-corrected chi connectivity index (χ2v) is 9.59. The van der Waals surface area contributed by atoms with Crippen LogP contribution in [0.15, 0.2) is 48.5 Å². The van der Waals surface area contributed by atoms with Crippen LogP contribution in [-0.2, 0) is 11.3 Å². The minimum atomic E-state index is -0.274. The van der Waals surface area contributed by atoms with Crippen LogP contribution >= 0.6 is 11.3 Å². The van der Waals surface area contributed by atoms with Crippen molar-refractivity contribution in [2.75, 3.05) is 18.0 Å². The van der Waals surface area contributed by atoms with Gasteiger partial charge < -0.3 is 10.2 Å². The molecule has 3 heterocycles. The van der Waals surface area contributed by atoms with Gasteiger partial charge >= 0.3 is 0 Å². The van der Waals surface area contributed by atoms with Crippen LogP contribution < -0.4 is 10.2 Å². The van der Waals surface area contributed by atoms with E-state index in [1.165, 1.54) is 17.7 Å². The number of amides is 1. The molecule has 0 radical (unpaired) electrons. The first kappa shape index (κ1) is 21.6. The number of benzene rings is 2. The van der Waals surface area contributed by atoms with Crippen molar-refractivity contribution in [3.63, 3.8) is 0 Å². The third-order valence-corrected chi connectivity index (χ3v) is 7.31. The monoisotopic (exact) mass is 463 g/mol. The summed E-state index contributed by atoms with van der Waals surface area (Å²) in [6, 6.07) is 14.5. The van der Waals surface area contributed by atoms with E-state index in [1.54, 1.807) is 23.5 Å². The minimum Gasteiger partial charge on any atom is -0.352 e. The first-order valence-corrected chi connectivity index (χ1v) is 12.0. The van der Waals surface area contributed by atoms with E-state index in [4.69, 9.17) is 10.1 Å². The van der Waals surface area contributed by atoms with Gasteiger partial charge in [-0.15, -0.1) is 0 Å². The molecule has 170 valence electrons. The van der Waals surface area contributed by atoms with Gasteiger partial charge in [0.1, 0.15) is 5.82 Å². The number of carbonyl (C=O) groups is 1. The molecule has 0 aliphatic carbocycles. The highest BCUT2D eigenvalue weighted by Crippen LogP contribution is 2.34. The quantitative estimate of drug-likeness (QED) is 0.463. The fraction of sp³-hybridized carbons (Fsp3) is 0.320. The van der Waals surface area contributed by atoms with Gasteiger partial charge in [-0.2, -0.15) is 10.1 Å². The molecule has 1 saturated heterocycles. The van der Waals surface area contributed by atoms with Crippen LogP contribution in [0.5, 0.6) is 0 Å². The average Bonchev–Trinajstić information content (AvgIpc) is 3.40. The van der Waals surface area contributed by atoms with Crippen molar-refractivity contribution in [3.8, 4) is 5.69 Å². The van der Waals surface area contributed by atoms with Crippen LogP contribution in [0.2, 0.25) is 0 Å². The smallest absolute Gasteiger partial charge is 0.225 e. The highest BCUT2D eigenvalue weighted by molar-refractivity contribution is 7.22. The van der Waals surface area contributed by atoms with Crippen LogP contribution in [0.3, 0.4) is 0 Å². The van der Waals surface area contributed by atoms with Crippen molar-refractivity contribution in [2.24, 2.45) is 5.92 Å². The molecule has 2 aromatic carbocycles. The maximum absolute atomic E-state index is 13.1. The maximum Gasteiger partial charge on any atom is 0.225 e. The average molecular weight is 464 g/mol. The normalized spacial score (nSPS) is 16.3. The molecule has 1 amide bonds. The highest BCUT2D eigenvalue weighted by Gasteiger charge is 2.28. The summed E-state index contributed by atoms with van der Waals surface area (Å²) in [6.45, 7) is 6.01. The van der Waals surface area contributed by atoms with Gasteiger partial charge in [-0.3, -0.25) is 4.79 Å². The maximum atomic E-state index is 13.1. The number of anilines is 1. The molecule has 0 unspecified atom stereocenters. The number of aryl methyl sites for hydroxylation is 2. The molecule has 1 aliphatic heterocycles. The van der Waals surface area contributed by atoms with Crippen molar-refractivity contribution in [2.45, 2.75) is 33.2 Å². The number of rotatable bonds is 5. The number of nitrogens with zero attached hydrogens (tertiary/aromatic N) is 4. The third-order valence-electron chi connectivity index (χ3n) is 6.10. The van der Waals surface area contributed by atoms with Crippen LogP contribution in [0.4, 0.5) is 9.52 Å². The van der Waals surface area contributed by atoms with Crippen molar-refractivity contribution >= 4 is 32.7 Å². The molecule has 0 spiro atoms. The molecule has 6 nitrogen and oxygen atoms in total. The molecule has 1 fully saturated rings. The molecule has 1 aliphatic rings. The Morgan fingerprint density at radius 1 is 1.15 bits per heavy atom. The van der Waals surface area contributed by atoms with Crippen molar-refractivity contribution in [1.82, 2.24) is 20.1 Å². The summed E-state index contributed by atoms with van der Waals surface area (Å²) in [5.74, 6) is -0.336. The molecular weight excluding hydrogens is 437 g/mol. The third kappa shape index (κ3) is 4.48. The molecule has 0 saturated carbocycles. The lowest BCUT2D eigenvalue weighted by Gasteiger charge is -2.31. The second kappa shape index (κ2) is 8.94. The molecule has 0 bridgehead atoms. The van der Waals surface area contributed by atoms with Gasteiger partial charge in [0.2, 0.25) is 5.91 Å². The fourth-order valence-electron chi connectivity index (χ4n) is 4.23. The highest BCUT2D eigenvalue weighted by atomic mass is 32.1. The number of hydrogen-bond donors (Lipinski definition) is 1. The van der Waals surface area contributed by atoms with Gasteiger partial charge in [-0.25, -0.2) is 9.07 Å². The molecule has 2 aromatic heterocycles. The Balaban J connectivity index is 1.31. The second-order valence-electron chi connectivity index (χ2n) is 8.61. The Morgan fingerprint density at radius 3 is 2.67 bits per heavy atom. The molecular formula is C25H26FN5OS. The van der Waals surface area contributed by atoms with Crippen molar-refractivity contribution in [3.05, 3.63) is 71.2 Å². The van der Waals surface area contributed by atoms with Crippen LogP contribution in [0.1, 0.15) is 29.7 Å². The summed E-state index contributed by atoms with van der Waals surface area (Å²) in [6.07, 6.45) is 1.79. The van der Waals surface area contributed by atoms with E-state index < -0.39 is 0 Å². The Labute approximate surface area is 196 Å². The molecule has 1 atom stereocenters. The molecule has 8 heteroatoms. The van der Waals surface area contributed by atoms with Gasteiger partial charge in [-0.05, 0) is 56.5 Å². The zero-order chi connectivity index (χ0) is 22.9.